The topological polar surface area (TPSA) is 172 Å². The van der Waals surface area contributed by atoms with Crippen molar-refractivity contribution in [1.82, 2.24) is 20.9 Å². The molecule has 1 aromatic rings. The number of rotatable bonds is 10. The van der Waals surface area contributed by atoms with Gasteiger partial charge in [-0.05, 0) is 31.1 Å². The van der Waals surface area contributed by atoms with Crippen molar-refractivity contribution in [3.05, 3.63) is 59.3 Å². The van der Waals surface area contributed by atoms with Gasteiger partial charge >= 0.3 is 18.0 Å². The monoisotopic (exact) mass is 652 g/mol. The van der Waals surface area contributed by atoms with Gasteiger partial charge in [-0.15, -0.1) is 0 Å². The van der Waals surface area contributed by atoms with Gasteiger partial charge in [-0.1, -0.05) is 25.1 Å². The Morgan fingerprint density at radius 3 is 2.47 bits per heavy atom. The highest BCUT2D eigenvalue weighted by atomic mass is 32.2. The number of hydrogen-bond donors (Lipinski definition) is 4. The first kappa shape index (κ1) is 34.0. The van der Waals surface area contributed by atoms with Gasteiger partial charge in [0, 0.05) is 51.2 Å². The predicted octanol–water partition coefficient (Wildman–Crippen LogP) is 2.04. The number of nitrogens with one attached hydrogen (secondary N) is 3. The van der Waals surface area contributed by atoms with E-state index in [0.29, 0.717) is 38.2 Å². The molecule has 0 radical (unpaired) electrons. The zero-order chi connectivity index (χ0) is 32.9. The number of urea groups is 2. The summed E-state index contributed by atoms with van der Waals surface area (Å²) in [5, 5.41) is 13.9. The molecule has 13 nitrogen and oxygen atoms in total. The third-order valence-corrected chi connectivity index (χ3v) is 9.12. The zero-order valence-corrected chi connectivity index (χ0v) is 26.0. The smallest absolute Gasteiger partial charge is 0.337 e. The van der Waals surface area contributed by atoms with Crippen molar-refractivity contribution in [2.45, 2.75) is 36.7 Å². The fourth-order valence-corrected chi connectivity index (χ4v) is 6.66. The lowest BCUT2D eigenvalue weighted by Crippen LogP contribution is -2.61. The van der Waals surface area contributed by atoms with Gasteiger partial charge in [-0.3, -0.25) is 0 Å². The average Bonchev–Trinajstić information content (AvgIpc) is 3.01. The number of hydrogen-bond acceptors (Lipinski definition) is 9. The van der Waals surface area contributed by atoms with Crippen LogP contribution in [0.4, 0.5) is 24.1 Å². The van der Waals surface area contributed by atoms with E-state index in [-0.39, 0.29) is 35.4 Å². The number of anilines is 1. The Morgan fingerprint density at radius 1 is 1.13 bits per heavy atom. The minimum atomic E-state index is -3.88. The third kappa shape index (κ3) is 7.52. The number of para-hydroxylation sites is 1. The summed E-state index contributed by atoms with van der Waals surface area (Å²) in [7, 11) is -1.39. The molecule has 2 aliphatic heterocycles. The van der Waals surface area contributed by atoms with Crippen molar-refractivity contribution in [1.29, 1.82) is 0 Å². The molecule has 2 unspecified atom stereocenters. The molecule has 0 bridgehead atoms. The van der Waals surface area contributed by atoms with E-state index in [9.17, 15) is 31.6 Å². The maximum absolute atomic E-state index is 14.7. The fourth-order valence-electron chi connectivity index (χ4n) is 5.91. The second kappa shape index (κ2) is 14.5. The molecule has 4 rings (SSSR count). The molecule has 1 fully saturated rings. The molecule has 3 atom stereocenters. The number of imide groups is 1. The average molecular weight is 653 g/mol. The van der Waals surface area contributed by atoms with Crippen LogP contribution in [0.25, 0.3) is 0 Å². The molecule has 1 aliphatic carbocycles. The molecule has 16 heteroatoms. The zero-order valence-electron chi connectivity index (χ0n) is 25.2. The maximum Gasteiger partial charge on any atom is 0.337 e. The normalized spacial score (nSPS) is 22.9. The number of ether oxygens (including phenoxy) is 2. The van der Waals surface area contributed by atoms with Crippen LogP contribution in [0.15, 0.2) is 64.2 Å². The Balaban J connectivity index is 1.41. The Bertz CT molecular complexity index is 1510. The van der Waals surface area contributed by atoms with E-state index in [4.69, 9.17) is 14.6 Å². The Morgan fingerprint density at radius 2 is 1.82 bits per heavy atom. The maximum atomic E-state index is 14.7. The van der Waals surface area contributed by atoms with Gasteiger partial charge in [-0.25, -0.2) is 41.6 Å². The van der Waals surface area contributed by atoms with Crippen molar-refractivity contribution in [2.75, 3.05) is 51.9 Å². The second-order valence-corrected chi connectivity index (χ2v) is 12.5. The number of sulfonamides is 1. The Kier molecular flexibility index (Phi) is 11.0. The van der Waals surface area contributed by atoms with E-state index in [1.165, 1.54) is 26.2 Å². The van der Waals surface area contributed by atoms with Crippen LogP contribution >= 0.6 is 0 Å². The molecule has 0 saturated carbocycles. The fraction of sp³-hybridized carbons (Fsp3) is 0.483. The van der Waals surface area contributed by atoms with Crippen LogP contribution in [-0.4, -0.2) is 90.4 Å². The molecular weight excluding hydrogens is 614 g/mol. The SMILES string of the molecule is COCC1=C(C(=O)OC)C([C@H]2C=CC(F)=C(F)C2C)N(C(=O)NCCNC2CCN(c3ccccc3S(N)(=O)=O)CC2)C(=O)N1. The number of halogens is 2. The molecule has 2 heterocycles. The predicted molar refractivity (Wildman–Crippen MR) is 161 cm³/mol. The summed E-state index contributed by atoms with van der Waals surface area (Å²) in [6, 6.07) is 3.61. The number of methoxy groups -OCH3 is 2. The van der Waals surface area contributed by atoms with E-state index >= 15 is 0 Å². The molecule has 246 valence electrons. The first-order chi connectivity index (χ1) is 21.4. The summed E-state index contributed by atoms with van der Waals surface area (Å²) in [5.41, 5.74) is 0.494. The van der Waals surface area contributed by atoms with Crippen molar-refractivity contribution < 1.29 is 41.1 Å². The van der Waals surface area contributed by atoms with Crippen LogP contribution in [0, 0.1) is 11.8 Å². The van der Waals surface area contributed by atoms with Gasteiger partial charge in [0.05, 0.1) is 36.7 Å². The van der Waals surface area contributed by atoms with Gasteiger partial charge in [0.2, 0.25) is 10.0 Å². The summed E-state index contributed by atoms with van der Waals surface area (Å²) >= 11 is 0. The van der Waals surface area contributed by atoms with Gasteiger partial charge in [0.15, 0.2) is 5.83 Å². The lowest BCUT2D eigenvalue weighted by atomic mass is 9.78. The van der Waals surface area contributed by atoms with Crippen LogP contribution in [0.1, 0.15) is 19.8 Å². The third-order valence-electron chi connectivity index (χ3n) is 8.16. The van der Waals surface area contributed by atoms with E-state index in [0.717, 1.165) is 18.1 Å². The molecule has 0 spiro atoms. The van der Waals surface area contributed by atoms with E-state index in [2.05, 4.69) is 16.0 Å². The number of allylic oxidation sites excluding steroid dienone is 3. The van der Waals surface area contributed by atoms with Gasteiger partial charge in [0.1, 0.15) is 10.7 Å². The lowest BCUT2D eigenvalue weighted by Gasteiger charge is -2.41. The molecule has 1 aromatic carbocycles. The summed E-state index contributed by atoms with van der Waals surface area (Å²) < 4.78 is 62.8. The van der Waals surface area contributed by atoms with Crippen LogP contribution in [-0.2, 0) is 24.3 Å². The van der Waals surface area contributed by atoms with Gasteiger partial charge in [-0.2, -0.15) is 0 Å². The van der Waals surface area contributed by atoms with Crippen molar-refractivity contribution in [3.8, 4) is 0 Å². The van der Waals surface area contributed by atoms with Crippen molar-refractivity contribution in [3.63, 3.8) is 0 Å². The van der Waals surface area contributed by atoms with Crippen LogP contribution in [0.3, 0.4) is 0 Å². The molecule has 45 heavy (non-hydrogen) atoms. The van der Waals surface area contributed by atoms with Crippen molar-refractivity contribution >= 4 is 33.7 Å². The quantitative estimate of drug-likeness (QED) is 0.218. The molecule has 0 aromatic heterocycles. The molecule has 4 amide bonds. The van der Waals surface area contributed by atoms with Crippen LogP contribution in [0.5, 0.6) is 0 Å². The first-order valence-corrected chi connectivity index (χ1v) is 16.0. The standard InChI is InChI=1S/C29H38F2N6O7S/c1-17-19(8-9-20(30)25(17)31)26-24(27(38)44-3)21(16-43-2)35-29(40)37(26)28(39)34-13-12-33-18-10-14-36(15-11-18)22-6-4-5-7-23(22)45(32,41)42/h4-9,17-19,26,33H,10-16H2,1-3H3,(H,34,39)(H,35,40)(H2,32,41,42)/t17?,19-,26?/m0/s1. The number of nitrogens with two attached hydrogens (primary N) is 1. The first-order valence-electron chi connectivity index (χ1n) is 14.4. The molecular formula is C29H38F2N6O7S. The minimum absolute atomic E-state index is 0.0547. The largest absolute Gasteiger partial charge is 0.466 e. The highest BCUT2D eigenvalue weighted by Crippen LogP contribution is 2.39. The van der Waals surface area contributed by atoms with Gasteiger partial charge in [0.25, 0.3) is 0 Å². The number of amides is 4. The lowest BCUT2D eigenvalue weighted by molar-refractivity contribution is -0.137. The molecule has 1 saturated heterocycles. The Labute approximate surface area is 260 Å². The van der Waals surface area contributed by atoms with E-state index < -0.39 is 57.6 Å². The Hall–Kier alpha value is -3.86. The number of benzene rings is 1. The number of carbonyl (C=O) groups excluding carboxylic acids is 3. The summed E-state index contributed by atoms with van der Waals surface area (Å²) in [5.74, 6) is -5.07. The number of carbonyl (C=O) groups is 3. The van der Waals surface area contributed by atoms with Crippen LogP contribution < -0.4 is 26.0 Å². The highest BCUT2D eigenvalue weighted by molar-refractivity contribution is 7.89. The molecule has 5 N–H and O–H groups in total. The number of esters is 1. The highest BCUT2D eigenvalue weighted by Gasteiger charge is 2.48. The summed E-state index contributed by atoms with van der Waals surface area (Å²) in [6.45, 7) is 2.80. The second-order valence-electron chi connectivity index (χ2n) is 10.9. The van der Waals surface area contributed by atoms with Crippen LogP contribution in [0.2, 0.25) is 0 Å². The number of nitrogens with zero attached hydrogens (tertiary/aromatic N) is 2. The summed E-state index contributed by atoms with van der Waals surface area (Å²) in [6.07, 6.45) is 3.63. The van der Waals surface area contributed by atoms with E-state index in [1.807, 2.05) is 4.90 Å². The van der Waals surface area contributed by atoms with E-state index in [1.54, 1.807) is 18.2 Å². The van der Waals surface area contributed by atoms with Crippen molar-refractivity contribution in [2.24, 2.45) is 17.0 Å². The number of piperidine rings is 1. The number of primary sulfonamides is 1. The van der Waals surface area contributed by atoms with Gasteiger partial charge < -0.3 is 30.3 Å². The molecule has 3 aliphatic rings. The summed E-state index contributed by atoms with van der Waals surface area (Å²) in [4.78, 5) is 42.5. The minimum Gasteiger partial charge on any atom is -0.466 e.